The number of fused-ring (bicyclic) bond motifs is 1. The van der Waals surface area contributed by atoms with E-state index in [1.54, 1.807) is 0 Å². The minimum atomic E-state index is -4.75. The van der Waals surface area contributed by atoms with E-state index in [0.717, 1.165) is 5.56 Å². The first-order chi connectivity index (χ1) is 10.8. The van der Waals surface area contributed by atoms with Gasteiger partial charge in [0.1, 0.15) is 11.9 Å². The summed E-state index contributed by atoms with van der Waals surface area (Å²) in [5.74, 6) is -1.71. The Hall–Kier alpha value is -2.78. The monoisotopic (exact) mass is 329 g/mol. The molecule has 7 nitrogen and oxygen atoms in total. The van der Waals surface area contributed by atoms with Crippen molar-refractivity contribution in [2.75, 3.05) is 0 Å². The summed E-state index contributed by atoms with van der Waals surface area (Å²) in [7, 11) is 0. The Morgan fingerprint density at radius 1 is 1.30 bits per heavy atom. The van der Waals surface area contributed by atoms with Crippen LogP contribution in [0.25, 0.3) is 0 Å². The zero-order chi connectivity index (χ0) is 16.6. The van der Waals surface area contributed by atoms with Gasteiger partial charge in [0.15, 0.2) is 0 Å². The third kappa shape index (κ3) is 3.35. The summed E-state index contributed by atoms with van der Waals surface area (Å²) in [6.07, 6.45) is -4.45. The molecule has 23 heavy (non-hydrogen) atoms. The van der Waals surface area contributed by atoms with Crippen LogP contribution in [0.1, 0.15) is 21.6 Å². The van der Waals surface area contributed by atoms with Gasteiger partial charge in [-0.25, -0.2) is 9.89 Å². The van der Waals surface area contributed by atoms with Crippen LogP contribution in [0.3, 0.4) is 0 Å². The number of carbonyl (C=O) groups is 1. The molecule has 10 heteroatoms. The second-order valence-electron chi connectivity index (χ2n) is 4.92. The number of alkyl halides is 3. The lowest BCUT2D eigenvalue weighted by molar-refractivity contribution is -0.274. The molecule has 0 saturated heterocycles. The van der Waals surface area contributed by atoms with Gasteiger partial charge in [-0.1, -0.05) is 16.4 Å². The van der Waals surface area contributed by atoms with Crippen molar-refractivity contribution < 1.29 is 32.5 Å². The third-order valence-electron chi connectivity index (χ3n) is 3.32. The summed E-state index contributed by atoms with van der Waals surface area (Å²) >= 11 is 0. The minimum Gasteiger partial charge on any atom is -0.476 e. The van der Waals surface area contributed by atoms with Crippen LogP contribution in [0.4, 0.5) is 13.2 Å². The van der Waals surface area contributed by atoms with E-state index in [1.165, 1.54) is 18.2 Å². The number of aromatic carboxylic acids is 1. The molecule has 0 bridgehead atoms. The van der Waals surface area contributed by atoms with Crippen LogP contribution >= 0.6 is 0 Å². The van der Waals surface area contributed by atoms with Gasteiger partial charge in [-0.3, -0.25) is 0 Å². The number of benzene rings is 1. The van der Waals surface area contributed by atoms with Gasteiger partial charge in [0.2, 0.25) is 5.69 Å². The number of nitrogens with one attached hydrogen (secondary N) is 1. The largest absolute Gasteiger partial charge is 0.573 e. The lowest BCUT2D eigenvalue weighted by atomic mass is 10.1. The minimum absolute atomic E-state index is 0.151. The summed E-state index contributed by atoms with van der Waals surface area (Å²) in [6, 6.07) is 4.06. The lowest BCUT2D eigenvalue weighted by Gasteiger charge is -2.10. The Kier molecular flexibility index (Phi) is 3.58. The molecule has 1 aromatic carbocycles. The van der Waals surface area contributed by atoms with Crippen LogP contribution in [0.5, 0.6) is 11.6 Å². The summed E-state index contributed by atoms with van der Waals surface area (Å²) in [4.78, 5) is 10.9. The summed E-state index contributed by atoms with van der Waals surface area (Å²) in [5, 5.41) is 18.0. The third-order valence-corrected chi connectivity index (χ3v) is 3.32. The van der Waals surface area contributed by atoms with E-state index in [9.17, 15) is 18.0 Å². The first-order valence-corrected chi connectivity index (χ1v) is 6.50. The average Bonchev–Trinajstić information content (AvgIpc) is 3.02. The fourth-order valence-corrected chi connectivity index (χ4v) is 2.43. The molecule has 1 aliphatic rings. The average molecular weight is 329 g/mol. The normalized spacial score (nSPS) is 16.9. The molecule has 1 atom stereocenters. The highest BCUT2D eigenvalue weighted by Crippen LogP contribution is 2.31. The second-order valence-corrected chi connectivity index (χ2v) is 4.92. The second kappa shape index (κ2) is 5.45. The highest BCUT2D eigenvalue weighted by Gasteiger charge is 2.32. The van der Waals surface area contributed by atoms with Crippen molar-refractivity contribution in [3.63, 3.8) is 0 Å². The summed E-state index contributed by atoms with van der Waals surface area (Å²) in [5.41, 5.74) is 1.18. The van der Waals surface area contributed by atoms with Gasteiger partial charge in [0.25, 0.3) is 5.88 Å². The van der Waals surface area contributed by atoms with Gasteiger partial charge >= 0.3 is 12.3 Å². The molecule has 0 amide bonds. The SMILES string of the molecule is O=C(O)c1[nH]nnc1OC1Cc2ccc(OC(F)(F)F)cc2C1. The zero-order valence-electron chi connectivity index (χ0n) is 11.4. The molecule has 1 unspecified atom stereocenters. The van der Waals surface area contributed by atoms with Gasteiger partial charge < -0.3 is 14.6 Å². The number of hydrogen-bond acceptors (Lipinski definition) is 5. The van der Waals surface area contributed by atoms with Gasteiger partial charge in [-0.2, -0.15) is 0 Å². The van der Waals surface area contributed by atoms with Gasteiger partial charge in [0.05, 0.1) is 0 Å². The number of aromatic nitrogens is 3. The molecule has 0 radical (unpaired) electrons. The van der Waals surface area contributed by atoms with Crippen LogP contribution in [0.15, 0.2) is 18.2 Å². The molecule has 1 heterocycles. The van der Waals surface area contributed by atoms with Crippen LogP contribution < -0.4 is 9.47 Å². The van der Waals surface area contributed by atoms with Crippen molar-refractivity contribution in [2.24, 2.45) is 0 Å². The van der Waals surface area contributed by atoms with Crippen LogP contribution in [-0.4, -0.2) is 39.0 Å². The van der Waals surface area contributed by atoms with E-state index < -0.39 is 18.4 Å². The first-order valence-electron chi connectivity index (χ1n) is 6.50. The van der Waals surface area contributed by atoms with E-state index in [1.807, 2.05) is 0 Å². The number of carboxylic acid groups (broad SMARTS) is 1. The van der Waals surface area contributed by atoms with E-state index in [2.05, 4.69) is 20.1 Å². The number of rotatable bonds is 4. The fraction of sp³-hybridized carbons (Fsp3) is 0.308. The van der Waals surface area contributed by atoms with Crippen molar-refractivity contribution in [1.29, 1.82) is 0 Å². The van der Waals surface area contributed by atoms with E-state index in [-0.39, 0.29) is 17.3 Å². The quantitative estimate of drug-likeness (QED) is 0.890. The Bertz CT molecular complexity index is 744. The maximum atomic E-state index is 12.2. The predicted octanol–water partition coefficient (Wildman–Crippen LogP) is 1.95. The smallest absolute Gasteiger partial charge is 0.476 e. The molecular formula is C13H10F3N3O4. The van der Waals surface area contributed by atoms with Gasteiger partial charge in [0, 0.05) is 12.8 Å². The number of ether oxygens (including phenoxy) is 2. The molecule has 0 saturated carbocycles. The number of H-pyrrole nitrogens is 1. The van der Waals surface area contributed by atoms with E-state index >= 15 is 0 Å². The maximum Gasteiger partial charge on any atom is 0.573 e. The topological polar surface area (TPSA) is 97.3 Å². The highest BCUT2D eigenvalue weighted by molar-refractivity contribution is 5.87. The Morgan fingerprint density at radius 3 is 2.74 bits per heavy atom. The maximum absolute atomic E-state index is 12.2. The van der Waals surface area contributed by atoms with Crippen molar-refractivity contribution in [2.45, 2.75) is 25.3 Å². The number of carboxylic acids is 1. The van der Waals surface area contributed by atoms with Crippen LogP contribution in [-0.2, 0) is 12.8 Å². The molecule has 122 valence electrons. The van der Waals surface area contributed by atoms with E-state index in [4.69, 9.17) is 9.84 Å². The standard InChI is InChI=1S/C13H10F3N3O4/c14-13(15,16)23-8-2-1-6-3-9(5-7(6)4-8)22-11-10(12(20)21)17-19-18-11/h1-2,4,9H,3,5H2,(H,20,21)(H,17,18,19). The Balaban J connectivity index is 1.72. The number of nitrogens with zero attached hydrogens (tertiary/aromatic N) is 2. The molecule has 1 aliphatic carbocycles. The van der Waals surface area contributed by atoms with Crippen LogP contribution in [0, 0.1) is 0 Å². The zero-order valence-corrected chi connectivity index (χ0v) is 11.4. The van der Waals surface area contributed by atoms with Crippen molar-refractivity contribution >= 4 is 5.97 Å². The van der Waals surface area contributed by atoms with Crippen LogP contribution in [0.2, 0.25) is 0 Å². The Labute approximate surface area is 127 Å². The predicted molar refractivity (Wildman–Crippen MR) is 68.3 cm³/mol. The molecular weight excluding hydrogens is 319 g/mol. The van der Waals surface area contributed by atoms with Crippen molar-refractivity contribution in [3.8, 4) is 11.6 Å². The molecule has 0 fully saturated rings. The molecule has 1 aromatic heterocycles. The molecule has 2 N–H and O–H groups in total. The molecule has 3 rings (SSSR count). The summed E-state index contributed by atoms with van der Waals surface area (Å²) < 4.78 is 46.0. The molecule has 0 spiro atoms. The number of aromatic amines is 1. The lowest BCUT2D eigenvalue weighted by Crippen LogP contribution is -2.18. The molecule has 2 aromatic rings. The van der Waals surface area contributed by atoms with Gasteiger partial charge in [-0.15, -0.1) is 13.2 Å². The number of hydrogen-bond donors (Lipinski definition) is 2. The Morgan fingerprint density at radius 2 is 2.04 bits per heavy atom. The molecule has 0 aliphatic heterocycles. The number of halogens is 3. The van der Waals surface area contributed by atoms with E-state index in [0.29, 0.717) is 18.4 Å². The highest BCUT2D eigenvalue weighted by atomic mass is 19.4. The fourth-order valence-electron chi connectivity index (χ4n) is 2.43. The first kappa shape index (κ1) is 15.1. The van der Waals surface area contributed by atoms with Gasteiger partial charge in [-0.05, 0) is 23.3 Å². The van der Waals surface area contributed by atoms with Crippen molar-refractivity contribution in [1.82, 2.24) is 15.4 Å². The summed E-state index contributed by atoms with van der Waals surface area (Å²) in [6.45, 7) is 0. The van der Waals surface area contributed by atoms with Crippen molar-refractivity contribution in [3.05, 3.63) is 35.0 Å².